The Kier molecular flexibility index (Phi) is 8.82. The highest BCUT2D eigenvalue weighted by Crippen LogP contribution is 2.51. The zero-order valence-electron chi connectivity index (χ0n) is 22.3. The van der Waals surface area contributed by atoms with Crippen LogP contribution in [0.4, 0.5) is 0 Å². The van der Waals surface area contributed by atoms with Gasteiger partial charge in [0.2, 0.25) is 11.8 Å². The lowest BCUT2D eigenvalue weighted by atomic mass is 9.73. The van der Waals surface area contributed by atoms with Crippen molar-refractivity contribution in [1.29, 1.82) is 0 Å². The van der Waals surface area contributed by atoms with Crippen molar-refractivity contribution in [3.8, 4) is 11.1 Å². The zero-order chi connectivity index (χ0) is 26.8. The third kappa shape index (κ3) is 6.80. The van der Waals surface area contributed by atoms with E-state index in [4.69, 9.17) is 0 Å². The standard InChI is InChI=1S/C29H42N3O2P3/c1-27(2,3)16-25(33)31-20-17-32(18-20)15-9-8-14-28(26(34)30-19-29(35,36)37)23-12-6-4-10-21(23)22-11-5-7-13-24(22)28/h4-7,10-13,20H,8-9,14-19,35-37H2,1-3H3,(H,30,34)(H,31,33). The van der Waals surface area contributed by atoms with Gasteiger partial charge in [-0.15, -0.1) is 27.7 Å². The van der Waals surface area contributed by atoms with Gasteiger partial charge in [0.15, 0.2) is 0 Å². The fourth-order valence-corrected chi connectivity index (χ4v) is 5.97. The summed E-state index contributed by atoms with van der Waals surface area (Å²) >= 11 is 0. The van der Waals surface area contributed by atoms with Gasteiger partial charge >= 0.3 is 0 Å². The summed E-state index contributed by atoms with van der Waals surface area (Å²) in [7, 11) is 8.27. The quantitative estimate of drug-likeness (QED) is 0.327. The smallest absolute Gasteiger partial charge is 0.235 e. The molecule has 1 aliphatic carbocycles. The van der Waals surface area contributed by atoms with E-state index < -0.39 is 5.41 Å². The average molecular weight is 558 g/mol. The summed E-state index contributed by atoms with van der Waals surface area (Å²) in [6, 6.07) is 17.0. The Morgan fingerprint density at radius 1 is 0.946 bits per heavy atom. The van der Waals surface area contributed by atoms with Crippen LogP contribution in [0.3, 0.4) is 0 Å². The highest BCUT2D eigenvalue weighted by molar-refractivity contribution is 7.57. The maximum Gasteiger partial charge on any atom is 0.235 e. The number of likely N-dealkylation sites (tertiary alicyclic amines) is 1. The van der Waals surface area contributed by atoms with Gasteiger partial charge in [-0.2, -0.15) is 0 Å². The van der Waals surface area contributed by atoms with Crippen LogP contribution in [0, 0.1) is 5.41 Å². The molecule has 0 bridgehead atoms. The topological polar surface area (TPSA) is 61.4 Å². The van der Waals surface area contributed by atoms with E-state index in [0.717, 1.165) is 50.0 Å². The van der Waals surface area contributed by atoms with E-state index >= 15 is 0 Å². The third-order valence-electron chi connectivity index (χ3n) is 7.30. The van der Waals surface area contributed by atoms with Gasteiger partial charge in [0.1, 0.15) is 5.41 Å². The van der Waals surface area contributed by atoms with Crippen molar-refractivity contribution in [2.24, 2.45) is 5.41 Å². The molecular weight excluding hydrogens is 515 g/mol. The van der Waals surface area contributed by atoms with Gasteiger partial charge in [-0.25, -0.2) is 0 Å². The number of carbonyl (C=O) groups excluding carboxylic acids is 2. The number of hydrogen-bond acceptors (Lipinski definition) is 3. The van der Waals surface area contributed by atoms with E-state index in [0.29, 0.717) is 13.0 Å². The second-order valence-electron chi connectivity index (χ2n) is 12.0. The minimum Gasteiger partial charge on any atom is -0.353 e. The maximum absolute atomic E-state index is 14.0. The summed E-state index contributed by atoms with van der Waals surface area (Å²) in [6.45, 7) is 9.61. The molecule has 200 valence electrons. The molecule has 8 heteroatoms. The largest absolute Gasteiger partial charge is 0.353 e. The lowest BCUT2D eigenvalue weighted by Crippen LogP contribution is -2.59. The van der Waals surface area contributed by atoms with Crippen LogP contribution in [0.1, 0.15) is 57.6 Å². The molecule has 1 heterocycles. The van der Waals surface area contributed by atoms with Gasteiger partial charge in [-0.3, -0.25) is 14.5 Å². The number of nitrogens with one attached hydrogen (secondary N) is 2. The summed E-state index contributed by atoms with van der Waals surface area (Å²) in [5.74, 6) is 0.223. The molecule has 0 saturated carbocycles. The van der Waals surface area contributed by atoms with Crippen LogP contribution in [-0.2, 0) is 15.0 Å². The molecule has 2 aromatic carbocycles. The number of rotatable bonds is 10. The molecule has 2 amide bonds. The van der Waals surface area contributed by atoms with Crippen molar-refractivity contribution < 1.29 is 9.59 Å². The van der Waals surface area contributed by atoms with Gasteiger partial charge in [0.05, 0.1) is 6.04 Å². The van der Waals surface area contributed by atoms with Crippen molar-refractivity contribution >= 4 is 39.5 Å². The molecule has 2 aromatic rings. The van der Waals surface area contributed by atoms with Crippen LogP contribution in [0.25, 0.3) is 11.1 Å². The van der Waals surface area contributed by atoms with Gasteiger partial charge in [-0.1, -0.05) is 75.7 Å². The minimum absolute atomic E-state index is 0.0106. The fraction of sp³-hybridized carbons (Fsp3) is 0.517. The molecule has 2 aliphatic rings. The number of unbranched alkanes of at least 4 members (excludes halogenated alkanes) is 1. The maximum atomic E-state index is 14.0. The number of fused-ring (bicyclic) bond motifs is 3. The van der Waals surface area contributed by atoms with Gasteiger partial charge < -0.3 is 10.6 Å². The minimum atomic E-state index is -0.684. The molecular formula is C29H42N3O2P3. The highest BCUT2D eigenvalue weighted by atomic mass is 31.1. The predicted molar refractivity (Wildman–Crippen MR) is 164 cm³/mol. The molecule has 37 heavy (non-hydrogen) atoms. The number of carbonyl (C=O) groups is 2. The summed E-state index contributed by atoms with van der Waals surface area (Å²) in [5.41, 5.74) is 3.88. The SMILES string of the molecule is CC(C)(C)CC(=O)NC1CN(CCCCC2(C(=O)NCC(P)(P)P)c3ccccc3-c3ccccc32)C1. The molecule has 4 rings (SSSR count). The molecule has 1 fully saturated rings. The van der Waals surface area contributed by atoms with E-state index in [1.807, 2.05) is 12.1 Å². The molecule has 5 nitrogen and oxygen atoms in total. The fourth-order valence-electron chi connectivity index (χ4n) is 5.67. The second kappa shape index (κ2) is 11.4. The van der Waals surface area contributed by atoms with E-state index in [1.165, 1.54) is 11.1 Å². The molecule has 3 unspecified atom stereocenters. The summed E-state index contributed by atoms with van der Waals surface area (Å²) in [4.78, 5) is 28.6. The first kappa shape index (κ1) is 28.6. The molecule has 0 spiro atoms. The normalized spacial score (nSPS) is 17.0. The predicted octanol–water partition coefficient (Wildman–Crippen LogP) is 4.76. The van der Waals surface area contributed by atoms with Gasteiger partial charge in [0, 0.05) is 30.7 Å². The zero-order valence-corrected chi connectivity index (χ0v) is 25.8. The lowest BCUT2D eigenvalue weighted by Gasteiger charge is -2.40. The first-order chi connectivity index (χ1) is 17.4. The van der Waals surface area contributed by atoms with Crippen LogP contribution < -0.4 is 10.6 Å². The Hall–Kier alpha value is -1.37. The Balaban J connectivity index is 1.41. The Morgan fingerprint density at radius 2 is 1.51 bits per heavy atom. The van der Waals surface area contributed by atoms with Gasteiger partial charge in [-0.05, 0) is 47.1 Å². The number of benzene rings is 2. The van der Waals surface area contributed by atoms with Gasteiger partial charge in [0.25, 0.3) is 0 Å². The van der Waals surface area contributed by atoms with E-state index in [2.05, 4.69) is 100 Å². The van der Waals surface area contributed by atoms with Crippen LogP contribution in [0.5, 0.6) is 0 Å². The summed E-state index contributed by atoms with van der Waals surface area (Å²) < 4.78 is -0.231. The van der Waals surface area contributed by atoms with Crippen molar-refractivity contribution in [3.63, 3.8) is 0 Å². The lowest BCUT2D eigenvalue weighted by molar-refractivity contribution is -0.125. The molecule has 2 N–H and O–H groups in total. The van der Waals surface area contributed by atoms with Crippen LogP contribution in [0.15, 0.2) is 48.5 Å². The first-order valence-electron chi connectivity index (χ1n) is 13.3. The molecule has 0 radical (unpaired) electrons. The van der Waals surface area contributed by atoms with E-state index in [-0.39, 0.29) is 27.9 Å². The Bertz CT molecular complexity index is 1090. The van der Waals surface area contributed by atoms with Crippen molar-refractivity contribution in [2.45, 2.75) is 62.5 Å². The molecule has 3 atom stereocenters. The van der Waals surface area contributed by atoms with Crippen LogP contribution in [-0.4, -0.2) is 53.6 Å². The summed E-state index contributed by atoms with van der Waals surface area (Å²) in [6.07, 6.45) is 3.29. The van der Waals surface area contributed by atoms with Crippen molar-refractivity contribution in [3.05, 3.63) is 59.7 Å². The molecule has 0 aromatic heterocycles. The second-order valence-corrected chi connectivity index (χ2v) is 17.2. The Labute approximate surface area is 229 Å². The third-order valence-corrected chi connectivity index (χ3v) is 7.91. The number of amides is 2. The van der Waals surface area contributed by atoms with Crippen molar-refractivity contribution in [2.75, 3.05) is 26.2 Å². The summed E-state index contributed by atoms with van der Waals surface area (Å²) in [5, 5.41) is 6.42. The molecule has 1 saturated heterocycles. The highest BCUT2D eigenvalue weighted by Gasteiger charge is 2.48. The van der Waals surface area contributed by atoms with Crippen molar-refractivity contribution in [1.82, 2.24) is 15.5 Å². The van der Waals surface area contributed by atoms with E-state index in [9.17, 15) is 9.59 Å². The number of hydrogen-bond donors (Lipinski definition) is 2. The molecule has 1 aliphatic heterocycles. The average Bonchev–Trinajstić information content (AvgIpc) is 3.07. The van der Waals surface area contributed by atoms with Crippen LogP contribution >= 0.6 is 27.7 Å². The van der Waals surface area contributed by atoms with Crippen LogP contribution in [0.2, 0.25) is 0 Å². The van der Waals surface area contributed by atoms with E-state index in [1.54, 1.807) is 0 Å². The Morgan fingerprint density at radius 3 is 2.05 bits per heavy atom. The monoisotopic (exact) mass is 557 g/mol. The number of nitrogens with zero attached hydrogens (tertiary/aromatic N) is 1. The first-order valence-corrected chi connectivity index (χ1v) is 15.0.